The van der Waals surface area contributed by atoms with Gasteiger partial charge in [-0.1, -0.05) is 45.6 Å². The second-order valence-corrected chi connectivity index (χ2v) is 7.11. The number of aromatic hydroxyl groups is 1. The number of unbranched alkanes of at least 4 members (excludes halogenated alkanes) is 1. The summed E-state index contributed by atoms with van der Waals surface area (Å²) in [5, 5.41) is 10.6. The molecule has 142 valence electrons. The number of phenols is 1. The molecule has 0 saturated heterocycles. The molecule has 0 aliphatic rings. The molecule has 0 bridgehead atoms. The van der Waals surface area contributed by atoms with E-state index < -0.39 is 0 Å². The van der Waals surface area contributed by atoms with Crippen molar-refractivity contribution in [3.8, 4) is 28.7 Å². The van der Waals surface area contributed by atoms with Crippen molar-refractivity contribution >= 4 is 0 Å². The van der Waals surface area contributed by atoms with Crippen molar-refractivity contribution in [1.29, 1.82) is 0 Å². The van der Waals surface area contributed by atoms with Gasteiger partial charge in [0.05, 0.1) is 11.3 Å². The Hall–Kier alpha value is -2.69. The van der Waals surface area contributed by atoms with Gasteiger partial charge in [0.15, 0.2) is 11.6 Å². The minimum absolute atomic E-state index is 0.224. The summed E-state index contributed by atoms with van der Waals surface area (Å²) >= 11 is 0. The Morgan fingerprint density at radius 2 is 1.93 bits per heavy atom. The first-order chi connectivity index (χ1) is 13.1. The van der Waals surface area contributed by atoms with E-state index in [1.54, 1.807) is 0 Å². The molecule has 3 aromatic rings. The second kappa shape index (κ2) is 8.80. The first-order valence-corrected chi connectivity index (χ1v) is 9.75. The number of aryl methyl sites for hydroxylation is 1. The van der Waals surface area contributed by atoms with Crippen molar-refractivity contribution in [2.24, 2.45) is 13.0 Å². The summed E-state index contributed by atoms with van der Waals surface area (Å²) in [7, 11) is 1.95. The minimum Gasteiger partial charge on any atom is -0.507 e. The SMILES string of the molecule is CCCCC(CC)Cc1ccc(-c2ncnc(-c3cccn3C)n2)c(O)c1. The first kappa shape index (κ1) is 19.1. The van der Waals surface area contributed by atoms with Gasteiger partial charge in [-0.15, -0.1) is 0 Å². The third-order valence-electron chi connectivity index (χ3n) is 5.12. The molecule has 1 atom stereocenters. The van der Waals surface area contributed by atoms with Crippen molar-refractivity contribution in [3.05, 3.63) is 48.4 Å². The normalized spacial score (nSPS) is 12.3. The number of hydrogen-bond acceptors (Lipinski definition) is 4. The van der Waals surface area contributed by atoms with Crippen LogP contribution in [0.3, 0.4) is 0 Å². The average Bonchev–Trinajstić information content (AvgIpc) is 3.11. The lowest BCUT2D eigenvalue weighted by molar-refractivity contribution is 0.445. The van der Waals surface area contributed by atoms with Gasteiger partial charge in [0.1, 0.15) is 12.1 Å². The lowest BCUT2D eigenvalue weighted by atomic mass is 9.91. The van der Waals surface area contributed by atoms with Gasteiger partial charge in [-0.25, -0.2) is 15.0 Å². The van der Waals surface area contributed by atoms with Crippen LogP contribution in [0.15, 0.2) is 42.9 Å². The maximum absolute atomic E-state index is 10.6. The number of benzene rings is 1. The van der Waals surface area contributed by atoms with E-state index in [0.717, 1.165) is 24.1 Å². The van der Waals surface area contributed by atoms with Gasteiger partial charge in [-0.05, 0) is 42.2 Å². The van der Waals surface area contributed by atoms with E-state index in [2.05, 4.69) is 34.9 Å². The Bertz CT molecular complexity index is 888. The fourth-order valence-electron chi connectivity index (χ4n) is 3.41. The molecule has 1 aromatic carbocycles. The van der Waals surface area contributed by atoms with Crippen LogP contribution in [0.2, 0.25) is 0 Å². The average molecular weight is 364 g/mol. The summed E-state index contributed by atoms with van der Waals surface area (Å²) in [5.74, 6) is 1.98. The maximum Gasteiger partial charge on any atom is 0.179 e. The van der Waals surface area contributed by atoms with Crippen LogP contribution in [-0.2, 0) is 13.5 Å². The largest absolute Gasteiger partial charge is 0.507 e. The zero-order chi connectivity index (χ0) is 19.2. The number of aromatic nitrogens is 4. The van der Waals surface area contributed by atoms with Crippen molar-refractivity contribution < 1.29 is 5.11 Å². The molecule has 0 amide bonds. The zero-order valence-corrected chi connectivity index (χ0v) is 16.4. The van der Waals surface area contributed by atoms with E-state index in [1.165, 1.54) is 25.6 Å². The van der Waals surface area contributed by atoms with Crippen LogP contribution in [-0.4, -0.2) is 24.6 Å². The van der Waals surface area contributed by atoms with Crippen LogP contribution in [0.4, 0.5) is 0 Å². The van der Waals surface area contributed by atoms with Crippen molar-refractivity contribution in [3.63, 3.8) is 0 Å². The monoisotopic (exact) mass is 364 g/mol. The van der Waals surface area contributed by atoms with Gasteiger partial charge in [-0.2, -0.15) is 0 Å². The van der Waals surface area contributed by atoms with Gasteiger partial charge in [-0.3, -0.25) is 0 Å². The fourth-order valence-corrected chi connectivity index (χ4v) is 3.41. The molecule has 5 nitrogen and oxygen atoms in total. The van der Waals surface area contributed by atoms with Crippen LogP contribution in [0.25, 0.3) is 22.9 Å². The number of nitrogens with zero attached hydrogens (tertiary/aromatic N) is 4. The quantitative estimate of drug-likeness (QED) is 0.610. The third-order valence-corrected chi connectivity index (χ3v) is 5.12. The van der Waals surface area contributed by atoms with E-state index >= 15 is 0 Å². The lowest BCUT2D eigenvalue weighted by Crippen LogP contribution is -2.03. The first-order valence-electron chi connectivity index (χ1n) is 9.75. The second-order valence-electron chi connectivity index (χ2n) is 7.11. The molecule has 2 heterocycles. The highest BCUT2D eigenvalue weighted by molar-refractivity contribution is 5.65. The Morgan fingerprint density at radius 1 is 1.11 bits per heavy atom. The third kappa shape index (κ3) is 4.54. The smallest absolute Gasteiger partial charge is 0.179 e. The number of phenolic OH excluding ortho intramolecular Hbond substituents is 1. The molecule has 1 unspecified atom stereocenters. The molecular weight excluding hydrogens is 336 g/mol. The molecular formula is C22H28N4O. The summed E-state index contributed by atoms with van der Waals surface area (Å²) < 4.78 is 1.96. The Labute approximate surface area is 161 Å². The zero-order valence-electron chi connectivity index (χ0n) is 16.4. The number of rotatable bonds is 8. The van der Waals surface area contributed by atoms with E-state index in [1.807, 2.05) is 42.1 Å². The van der Waals surface area contributed by atoms with Gasteiger partial charge in [0.25, 0.3) is 0 Å². The van der Waals surface area contributed by atoms with Gasteiger partial charge >= 0.3 is 0 Å². The fraction of sp³-hybridized carbons (Fsp3) is 0.409. The Kier molecular flexibility index (Phi) is 6.22. The Balaban J connectivity index is 1.83. The van der Waals surface area contributed by atoms with E-state index in [4.69, 9.17) is 0 Å². The molecule has 0 radical (unpaired) electrons. The Morgan fingerprint density at radius 3 is 2.59 bits per heavy atom. The van der Waals surface area contributed by atoms with Crippen LogP contribution >= 0.6 is 0 Å². The summed E-state index contributed by atoms with van der Waals surface area (Å²) in [6.45, 7) is 4.47. The van der Waals surface area contributed by atoms with E-state index in [-0.39, 0.29) is 5.75 Å². The standard InChI is InChI=1S/C22H28N4O/c1-4-6-8-16(5-2)13-17-10-11-18(20(27)14-17)21-23-15-24-22(25-21)19-9-7-12-26(19)3/h7,9-12,14-16,27H,4-6,8,13H2,1-3H3. The highest BCUT2D eigenvalue weighted by Gasteiger charge is 2.13. The lowest BCUT2D eigenvalue weighted by Gasteiger charge is -2.15. The molecule has 3 rings (SSSR count). The molecule has 2 aromatic heterocycles. The molecule has 0 spiro atoms. The minimum atomic E-state index is 0.224. The van der Waals surface area contributed by atoms with Crippen molar-refractivity contribution in [2.45, 2.75) is 46.0 Å². The summed E-state index contributed by atoms with van der Waals surface area (Å²) in [6, 6.07) is 9.77. The highest BCUT2D eigenvalue weighted by atomic mass is 16.3. The van der Waals surface area contributed by atoms with Crippen LogP contribution in [0.1, 0.15) is 45.1 Å². The predicted molar refractivity (Wildman–Crippen MR) is 108 cm³/mol. The van der Waals surface area contributed by atoms with E-state index in [9.17, 15) is 5.11 Å². The van der Waals surface area contributed by atoms with Gasteiger partial charge in [0, 0.05) is 13.2 Å². The summed E-state index contributed by atoms with van der Waals surface area (Å²) in [6.07, 6.45) is 9.33. The number of hydrogen-bond donors (Lipinski definition) is 1. The van der Waals surface area contributed by atoms with Crippen LogP contribution in [0, 0.1) is 5.92 Å². The topological polar surface area (TPSA) is 63.8 Å². The summed E-state index contributed by atoms with van der Waals surface area (Å²) in [5.41, 5.74) is 2.71. The molecule has 0 saturated carbocycles. The summed E-state index contributed by atoms with van der Waals surface area (Å²) in [4.78, 5) is 13.1. The highest BCUT2D eigenvalue weighted by Crippen LogP contribution is 2.30. The van der Waals surface area contributed by atoms with Gasteiger partial charge in [0.2, 0.25) is 0 Å². The molecule has 5 heteroatoms. The maximum atomic E-state index is 10.6. The molecule has 0 fully saturated rings. The van der Waals surface area contributed by atoms with E-state index in [0.29, 0.717) is 23.1 Å². The molecule has 27 heavy (non-hydrogen) atoms. The van der Waals surface area contributed by atoms with Crippen molar-refractivity contribution in [1.82, 2.24) is 19.5 Å². The van der Waals surface area contributed by atoms with Gasteiger partial charge < -0.3 is 9.67 Å². The predicted octanol–water partition coefficient (Wildman–Crippen LogP) is 5.01. The molecule has 0 aliphatic carbocycles. The van der Waals surface area contributed by atoms with Crippen LogP contribution < -0.4 is 0 Å². The molecule has 1 N–H and O–H groups in total. The van der Waals surface area contributed by atoms with Crippen molar-refractivity contribution in [2.75, 3.05) is 0 Å². The molecule has 0 aliphatic heterocycles. The van der Waals surface area contributed by atoms with Crippen LogP contribution in [0.5, 0.6) is 5.75 Å².